The summed E-state index contributed by atoms with van der Waals surface area (Å²) in [7, 11) is -3.94. The van der Waals surface area contributed by atoms with Crippen molar-refractivity contribution in [3.63, 3.8) is 0 Å². The number of hydrogen-bond donors (Lipinski definition) is 2. The lowest BCUT2D eigenvalue weighted by atomic mass is 10.1. The molecule has 2 aromatic heterocycles. The van der Waals surface area contributed by atoms with E-state index in [9.17, 15) is 9.36 Å². The second-order valence-electron chi connectivity index (χ2n) is 9.13. The van der Waals surface area contributed by atoms with E-state index in [-0.39, 0.29) is 30.6 Å². The predicted octanol–water partition coefficient (Wildman–Crippen LogP) is 4.06. The monoisotopic (exact) mass is 544 g/mol. The minimum atomic E-state index is -3.94. The predicted molar refractivity (Wildman–Crippen MR) is 142 cm³/mol. The van der Waals surface area contributed by atoms with Crippen LogP contribution in [0.25, 0.3) is 11.2 Å². The standard InChI is InChI=1S/C25H33N6O6P/c1-5-34-23-21-22(28-25(26)29-23)31(15-27-21)19-12-11-18(13-19)14-35-38(33,37-20-9-7-6-8-10-20)30-17(4)24(32)36-16(2)3/h6-12,15-19H,5,13-14H2,1-4H3,(H,30,33)(H2,26,28,29)/t17-,18+,19-,38-/m0/s1. The Morgan fingerprint density at radius 1 is 1.21 bits per heavy atom. The molecule has 13 heteroatoms. The minimum absolute atomic E-state index is 0.0836. The second kappa shape index (κ2) is 11.9. The molecule has 204 valence electrons. The first-order valence-electron chi connectivity index (χ1n) is 12.5. The van der Waals surface area contributed by atoms with Gasteiger partial charge in [-0.25, -0.2) is 9.55 Å². The third-order valence-electron chi connectivity index (χ3n) is 5.68. The third-order valence-corrected chi connectivity index (χ3v) is 7.32. The van der Waals surface area contributed by atoms with Crippen LogP contribution in [-0.4, -0.2) is 50.8 Å². The first kappa shape index (κ1) is 27.6. The first-order chi connectivity index (χ1) is 18.2. The number of ether oxygens (including phenoxy) is 2. The zero-order valence-electron chi connectivity index (χ0n) is 21.8. The number of nitrogens with two attached hydrogens (primary N) is 1. The summed E-state index contributed by atoms with van der Waals surface area (Å²) in [6.07, 6.45) is 5.98. The molecule has 0 fully saturated rings. The van der Waals surface area contributed by atoms with Gasteiger partial charge < -0.3 is 24.3 Å². The van der Waals surface area contributed by atoms with Gasteiger partial charge in [0.05, 0.1) is 31.7 Å². The molecule has 3 N–H and O–H groups in total. The number of nitrogens with one attached hydrogen (secondary N) is 1. The van der Waals surface area contributed by atoms with Gasteiger partial charge in [-0.2, -0.15) is 15.1 Å². The van der Waals surface area contributed by atoms with Crippen LogP contribution in [0.3, 0.4) is 0 Å². The average Bonchev–Trinajstić information content (AvgIpc) is 3.50. The van der Waals surface area contributed by atoms with Gasteiger partial charge in [-0.1, -0.05) is 30.4 Å². The number of carbonyl (C=O) groups is 1. The number of esters is 1. The zero-order chi connectivity index (χ0) is 27.3. The van der Waals surface area contributed by atoms with Crippen molar-refractivity contribution >= 4 is 30.8 Å². The Bertz CT molecular complexity index is 1330. The maximum absolute atomic E-state index is 13.7. The van der Waals surface area contributed by atoms with Crippen LogP contribution in [0.4, 0.5) is 5.95 Å². The summed E-state index contributed by atoms with van der Waals surface area (Å²) in [6, 6.07) is 7.64. The van der Waals surface area contributed by atoms with Crippen molar-refractivity contribution in [2.75, 3.05) is 18.9 Å². The number of anilines is 1. The fraction of sp³-hybridized carbons (Fsp3) is 0.440. The number of nitrogen functional groups attached to an aromatic ring is 1. The number of allylic oxidation sites excluding steroid dienone is 1. The molecule has 0 radical (unpaired) electrons. The summed E-state index contributed by atoms with van der Waals surface area (Å²) in [5.41, 5.74) is 6.98. The van der Waals surface area contributed by atoms with Crippen molar-refractivity contribution in [1.82, 2.24) is 24.6 Å². The van der Waals surface area contributed by atoms with Crippen LogP contribution in [0.1, 0.15) is 40.2 Å². The number of nitrogens with zero attached hydrogens (tertiary/aromatic N) is 4. The van der Waals surface area contributed by atoms with Crippen molar-refractivity contribution in [3.8, 4) is 11.6 Å². The van der Waals surface area contributed by atoms with E-state index >= 15 is 0 Å². The number of carbonyl (C=O) groups excluding carboxylic acids is 1. The van der Waals surface area contributed by atoms with E-state index in [1.54, 1.807) is 51.4 Å². The summed E-state index contributed by atoms with van der Waals surface area (Å²) in [6.45, 7) is 7.40. The lowest BCUT2D eigenvalue weighted by Crippen LogP contribution is -2.36. The number of rotatable bonds is 12. The lowest BCUT2D eigenvalue weighted by molar-refractivity contribution is -0.149. The molecule has 0 saturated heterocycles. The van der Waals surface area contributed by atoms with Gasteiger partial charge in [-0.15, -0.1) is 0 Å². The molecule has 1 aromatic carbocycles. The van der Waals surface area contributed by atoms with E-state index in [1.165, 1.54) is 0 Å². The fourth-order valence-electron chi connectivity index (χ4n) is 4.00. The molecular formula is C25H33N6O6P. The average molecular weight is 545 g/mol. The van der Waals surface area contributed by atoms with Gasteiger partial charge in [0.2, 0.25) is 11.8 Å². The molecule has 0 aliphatic heterocycles. The summed E-state index contributed by atoms with van der Waals surface area (Å²) in [5.74, 6) is 0.141. The quantitative estimate of drug-likeness (QED) is 0.193. The SMILES string of the molecule is CCOc1nc(N)nc2c1ncn2[C@H]1C=C[C@@H](CO[P@@](=O)(N[C@@H](C)C(=O)OC(C)C)Oc2ccccc2)C1. The highest BCUT2D eigenvalue weighted by molar-refractivity contribution is 7.52. The minimum Gasteiger partial charge on any atom is -0.476 e. The molecule has 2 heterocycles. The van der Waals surface area contributed by atoms with E-state index in [0.717, 1.165) is 0 Å². The number of hydrogen-bond acceptors (Lipinski definition) is 10. The number of benzene rings is 1. The molecular weight excluding hydrogens is 511 g/mol. The van der Waals surface area contributed by atoms with Crippen molar-refractivity contribution in [2.24, 2.45) is 5.92 Å². The number of para-hydroxylation sites is 1. The zero-order valence-corrected chi connectivity index (χ0v) is 22.7. The van der Waals surface area contributed by atoms with Gasteiger partial charge in [-0.3, -0.25) is 9.32 Å². The van der Waals surface area contributed by atoms with Crippen molar-refractivity contribution < 1.29 is 27.9 Å². The van der Waals surface area contributed by atoms with Crippen LogP contribution in [0.5, 0.6) is 11.6 Å². The van der Waals surface area contributed by atoms with Crippen molar-refractivity contribution in [3.05, 3.63) is 48.8 Å². The molecule has 12 nitrogen and oxygen atoms in total. The fourth-order valence-corrected chi connectivity index (χ4v) is 5.54. The highest BCUT2D eigenvalue weighted by Gasteiger charge is 2.34. The molecule has 0 bridgehead atoms. The Morgan fingerprint density at radius 2 is 1.97 bits per heavy atom. The summed E-state index contributed by atoms with van der Waals surface area (Å²) in [4.78, 5) is 25.3. The molecule has 4 rings (SSSR count). The Labute approximate surface area is 221 Å². The van der Waals surface area contributed by atoms with Crippen LogP contribution in [0, 0.1) is 5.92 Å². The largest absolute Gasteiger partial charge is 0.476 e. The topological polar surface area (TPSA) is 153 Å². The number of aromatic nitrogens is 4. The molecule has 1 aliphatic carbocycles. The van der Waals surface area contributed by atoms with E-state index in [1.807, 2.05) is 29.7 Å². The second-order valence-corrected chi connectivity index (χ2v) is 10.8. The summed E-state index contributed by atoms with van der Waals surface area (Å²) >= 11 is 0. The van der Waals surface area contributed by atoms with Gasteiger partial charge in [0.25, 0.3) is 0 Å². The van der Waals surface area contributed by atoms with Crippen LogP contribution >= 0.6 is 7.75 Å². The molecule has 4 atom stereocenters. The molecule has 0 unspecified atom stereocenters. The summed E-state index contributed by atoms with van der Waals surface area (Å²) in [5, 5.41) is 2.71. The third kappa shape index (κ3) is 6.69. The van der Waals surface area contributed by atoms with Gasteiger partial charge in [-0.05, 0) is 46.2 Å². The molecule has 38 heavy (non-hydrogen) atoms. The molecule has 0 saturated carbocycles. The van der Waals surface area contributed by atoms with Gasteiger partial charge in [0.1, 0.15) is 11.8 Å². The molecule has 0 spiro atoms. The van der Waals surface area contributed by atoms with E-state index in [4.69, 9.17) is 24.3 Å². The van der Waals surface area contributed by atoms with E-state index < -0.39 is 19.8 Å². The van der Waals surface area contributed by atoms with Gasteiger partial charge >= 0.3 is 13.7 Å². The van der Waals surface area contributed by atoms with Crippen LogP contribution in [0.15, 0.2) is 48.8 Å². The van der Waals surface area contributed by atoms with Crippen LogP contribution < -0.4 is 20.1 Å². The van der Waals surface area contributed by atoms with Crippen molar-refractivity contribution in [2.45, 2.75) is 52.3 Å². The number of fused-ring (bicyclic) bond motifs is 1. The highest BCUT2D eigenvalue weighted by Crippen LogP contribution is 2.46. The molecule has 3 aromatic rings. The smallest absolute Gasteiger partial charge is 0.459 e. The number of imidazole rings is 1. The van der Waals surface area contributed by atoms with Crippen LogP contribution in [-0.2, 0) is 18.6 Å². The Kier molecular flexibility index (Phi) is 8.65. The molecule has 1 aliphatic rings. The normalized spacial score (nSPS) is 19.4. The van der Waals surface area contributed by atoms with Gasteiger partial charge in [0, 0.05) is 5.92 Å². The van der Waals surface area contributed by atoms with Gasteiger partial charge in [0.15, 0.2) is 11.2 Å². The summed E-state index contributed by atoms with van der Waals surface area (Å²) < 4.78 is 38.0. The van der Waals surface area contributed by atoms with E-state index in [2.05, 4.69) is 20.0 Å². The lowest BCUT2D eigenvalue weighted by Gasteiger charge is -2.24. The Hall–Kier alpha value is -3.47. The van der Waals surface area contributed by atoms with Crippen molar-refractivity contribution in [1.29, 1.82) is 0 Å². The Balaban J connectivity index is 1.45. The first-order valence-corrected chi connectivity index (χ1v) is 14.0. The Morgan fingerprint density at radius 3 is 2.68 bits per heavy atom. The maximum Gasteiger partial charge on any atom is 0.459 e. The highest BCUT2D eigenvalue weighted by atomic mass is 31.2. The molecule has 0 amide bonds. The van der Waals surface area contributed by atoms with E-state index in [0.29, 0.717) is 35.8 Å². The maximum atomic E-state index is 13.7. The van der Waals surface area contributed by atoms with Crippen LogP contribution in [0.2, 0.25) is 0 Å².